The predicted octanol–water partition coefficient (Wildman–Crippen LogP) is 3.62. The molecule has 0 saturated heterocycles. The van der Waals surface area contributed by atoms with Gasteiger partial charge in [-0.2, -0.15) is 0 Å². The maximum Gasteiger partial charge on any atom is 0.0943 e. The van der Waals surface area contributed by atoms with Gasteiger partial charge < -0.3 is 0 Å². The minimum absolute atomic E-state index is 0.179. The summed E-state index contributed by atoms with van der Waals surface area (Å²) >= 11 is 0. The fraction of sp³-hybridized carbons (Fsp3) is 0.214. The summed E-state index contributed by atoms with van der Waals surface area (Å²) in [5.41, 5.74) is 4.62. The van der Waals surface area contributed by atoms with Crippen LogP contribution < -0.4 is 0 Å². The molecule has 0 aromatic heterocycles. The van der Waals surface area contributed by atoms with Gasteiger partial charge in [0, 0.05) is 0 Å². The monoisotopic (exact) mass is 197 g/mol. The van der Waals surface area contributed by atoms with Gasteiger partial charge in [-0.15, -0.1) is 0 Å². The number of hydrogen-bond donors (Lipinski definition) is 0. The summed E-state index contributed by atoms with van der Waals surface area (Å²) in [4.78, 5) is 4.62. The molecule has 0 bridgehead atoms. The quantitative estimate of drug-likeness (QED) is 0.686. The first-order chi connectivity index (χ1) is 7.18. The summed E-state index contributed by atoms with van der Waals surface area (Å²) in [5.74, 6) is 0. The average Bonchev–Trinajstić information content (AvgIpc) is 2.67. The van der Waals surface area contributed by atoms with Gasteiger partial charge in [-0.05, 0) is 36.6 Å². The first-order valence-corrected chi connectivity index (χ1v) is 5.16. The highest BCUT2D eigenvalue weighted by Gasteiger charge is 2.14. The van der Waals surface area contributed by atoms with Crippen molar-refractivity contribution in [2.24, 2.45) is 4.99 Å². The summed E-state index contributed by atoms with van der Waals surface area (Å²) in [6, 6.07) is 8.55. The van der Waals surface area contributed by atoms with Crippen LogP contribution in [0.5, 0.6) is 0 Å². The summed E-state index contributed by atoms with van der Waals surface area (Å²) in [6.07, 6.45) is 4.19. The van der Waals surface area contributed by atoms with Crippen LogP contribution in [0, 0.1) is 6.92 Å². The molecule has 1 unspecified atom stereocenters. The summed E-state index contributed by atoms with van der Waals surface area (Å²) in [7, 11) is 0. The fourth-order valence-corrected chi connectivity index (χ4v) is 1.76. The molecule has 0 N–H and O–H groups in total. The van der Waals surface area contributed by atoms with Gasteiger partial charge in [0.05, 0.1) is 11.8 Å². The number of nitrogens with zero attached hydrogens (tertiary/aromatic N) is 1. The van der Waals surface area contributed by atoms with Crippen molar-refractivity contribution in [3.8, 4) is 0 Å². The zero-order chi connectivity index (χ0) is 10.8. The number of hydrogen-bond acceptors (Lipinski definition) is 1. The topological polar surface area (TPSA) is 12.4 Å². The standard InChI is InChI=1S/C14H15N/c1-10(2)13-8-9-14(15-13)12-7-5-4-6-11(12)3/h4-9,14H,1H2,2-3H3. The molecule has 0 aliphatic carbocycles. The van der Waals surface area contributed by atoms with Crippen molar-refractivity contribution in [2.45, 2.75) is 19.9 Å². The van der Waals surface area contributed by atoms with Crippen molar-refractivity contribution in [3.05, 3.63) is 59.7 Å². The summed E-state index contributed by atoms with van der Waals surface area (Å²) in [6.45, 7) is 8.02. The van der Waals surface area contributed by atoms with Crippen molar-refractivity contribution < 1.29 is 0 Å². The molecule has 0 radical (unpaired) electrons. The van der Waals surface area contributed by atoms with Crippen LogP contribution in [0.2, 0.25) is 0 Å². The highest BCUT2D eigenvalue weighted by Crippen LogP contribution is 2.27. The Morgan fingerprint density at radius 1 is 1.33 bits per heavy atom. The second-order valence-corrected chi connectivity index (χ2v) is 3.96. The maximum atomic E-state index is 4.62. The number of rotatable bonds is 2. The SMILES string of the molecule is C=C(C)C1=NC(c2ccccc2C)C=C1. The van der Waals surface area contributed by atoms with Crippen molar-refractivity contribution >= 4 is 5.71 Å². The number of aliphatic imine (C=N–C) groups is 1. The van der Waals surface area contributed by atoms with E-state index in [1.54, 1.807) is 0 Å². The molecule has 1 heteroatoms. The molecule has 1 heterocycles. The Labute approximate surface area is 90.9 Å². The van der Waals surface area contributed by atoms with Crippen LogP contribution in [-0.2, 0) is 0 Å². The normalized spacial score (nSPS) is 19.1. The molecule has 0 spiro atoms. The Balaban J connectivity index is 2.33. The van der Waals surface area contributed by atoms with Crippen molar-refractivity contribution in [3.63, 3.8) is 0 Å². The van der Waals surface area contributed by atoms with E-state index >= 15 is 0 Å². The number of allylic oxidation sites excluding steroid dienone is 2. The summed E-state index contributed by atoms with van der Waals surface area (Å²) < 4.78 is 0. The minimum atomic E-state index is 0.179. The average molecular weight is 197 g/mol. The lowest BCUT2D eigenvalue weighted by Crippen LogP contribution is -1.94. The molecule has 0 fully saturated rings. The smallest absolute Gasteiger partial charge is 0.0943 e. The molecule has 1 aliphatic rings. The Morgan fingerprint density at radius 3 is 2.67 bits per heavy atom. The third kappa shape index (κ3) is 1.91. The van der Waals surface area contributed by atoms with E-state index in [1.807, 2.05) is 6.92 Å². The zero-order valence-corrected chi connectivity index (χ0v) is 9.20. The van der Waals surface area contributed by atoms with E-state index in [9.17, 15) is 0 Å². The van der Waals surface area contributed by atoms with Crippen LogP contribution in [0.25, 0.3) is 0 Å². The van der Waals surface area contributed by atoms with Crippen molar-refractivity contribution in [1.29, 1.82) is 0 Å². The molecule has 1 aromatic rings. The molecular formula is C14H15N. The van der Waals surface area contributed by atoms with E-state index in [2.05, 4.69) is 54.9 Å². The van der Waals surface area contributed by atoms with Crippen LogP contribution in [0.3, 0.4) is 0 Å². The molecular weight excluding hydrogens is 182 g/mol. The number of benzene rings is 1. The lowest BCUT2D eigenvalue weighted by Gasteiger charge is -2.08. The van der Waals surface area contributed by atoms with E-state index in [0.717, 1.165) is 11.3 Å². The van der Waals surface area contributed by atoms with Gasteiger partial charge in [0.15, 0.2) is 0 Å². The van der Waals surface area contributed by atoms with Crippen molar-refractivity contribution in [1.82, 2.24) is 0 Å². The molecule has 76 valence electrons. The second kappa shape index (κ2) is 3.85. The first-order valence-electron chi connectivity index (χ1n) is 5.16. The molecule has 0 saturated carbocycles. The van der Waals surface area contributed by atoms with E-state index in [-0.39, 0.29) is 6.04 Å². The van der Waals surface area contributed by atoms with Gasteiger partial charge in [0.2, 0.25) is 0 Å². The third-order valence-electron chi connectivity index (χ3n) is 2.66. The molecule has 1 nitrogen and oxygen atoms in total. The number of aryl methyl sites for hydroxylation is 1. The van der Waals surface area contributed by atoms with E-state index in [0.29, 0.717) is 0 Å². The predicted molar refractivity (Wildman–Crippen MR) is 65.3 cm³/mol. The molecule has 1 aromatic carbocycles. The van der Waals surface area contributed by atoms with E-state index in [4.69, 9.17) is 0 Å². The largest absolute Gasteiger partial charge is 0.273 e. The Kier molecular flexibility index (Phi) is 2.55. The van der Waals surface area contributed by atoms with Gasteiger partial charge in [-0.3, -0.25) is 4.99 Å². The van der Waals surface area contributed by atoms with E-state index < -0.39 is 0 Å². The van der Waals surface area contributed by atoms with Gasteiger partial charge in [-0.25, -0.2) is 0 Å². The van der Waals surface area contributed by atoms with Crippen LogP contribution in [0.15, 0.2) is 53.6 Å². The lowest BCUT2D eigenvalue weighted by atomic mass is 10.0. The van der Waals surface area contributed by atoms with Gasteiger partial charge >= 0.3 is 0 Å². The molecule has 1 aliphatic heterocycles. The zero-order valence-electron chi connectivity index (χ0n) is 9.20. The molecule has 2 rings (SSSR count). The maximum absolute atomic E-state index is 4.62. The van der Waals surface area contributed by atoms with Crippen LogP contribution in [-0.4, -0.2) is 5.71 Å². The molecule has 0 amide bonds. The van der Waals surface area contributed by atoms with Gasteiger partial charge in [0.25, 0.3) is 0 Å². The highest BCUT2D eigenvalue weighted by molar-refractivity contribution is 6.09. The Hall–Kier alpha value is -1.63. The lowest BCUT2D eigenvalue weighted by molar-refractivity contribution is 0.919. The third-order valence-corrected chi connectivity index (χ3v) is 2.66. The van der Waals surface area contributed by atoms with Crippen LogP contribution >= 0.6 is 0 Å². The van der Waals surface area contributed by atoms with Crippen LogP contribution in [0.4, 0.5) is 0 Å². The van der Waals surface area contributed by atoms with Crippen molar-refractivity contribution in [2.75, 3.05) is 0 Å². The second-order valence-electron chi connectivity index (χ2n) is 3.96. The highest BCUT2D eigenvalue weighted by atomic mass is 14.8. The summed E-state index contributed by atoms with van der Waals surface area (Å²) in [5, 5.41) is 0. The van der Waals surface area contributed by atoms with Crippen LogP contribution in [0.1, 0.15) is 24.1 Å². The Morgan fingerprint density at radius 2 is 2.07 bits per heavy atom. The first kappa shape index (κ1) is 9.91. The minimum Gasteiger partial charge on any atom is -0.273 e. The molecule has 1 atom stereocenters. The fourth-order valence-electron chi connectivity index (χ4n) is 1.76. The Bertz CT molecular complexity index is 452. The van der Waals surface area contributed by atoms with Gasteiger partial charge in [0.1, 0.15) is 0 Å². The van der Waals surface area contributed by atoms with Gasteiger partial charge in [-0.1, -0.05) is 36.9 Å². The molecule has 15 heavy (non-hydrogen) atoms. The van der Waals surface area contributed by atoms with E-state index in [1.165, 1.54) is 11.1 Å².